The molecule has 0 N–H and O–H groups in total. The molecule has 12 heteroatoms. The Balaban J connectivity index is 1.64. The SMILES string of the molecule is COc1ccc(F)cc1CCn1c(=O)n(C(C)(C)C(=O)OCc2ccccc2)c(=O)c2c(C)c(-n3nccn3)sc21. The van der Waals surface area contributed by atoms with Crippen molar-refractivity contribution >= 4 is 27.5 Å². The monoisotopic (exact) mass is 577 g/mol. The summed E-state index contributed by atoms with van der Waals surface area (Å²) < 4.78 is 27.4. The second kappa shape index (κ2) is 11.1. The van der Waals surface area contributed by atoms with Crippen LogP contribution in [0.4, 0.5) is 4.39 Å². The molecule has 0 unspecified atom stereocenters. The molecule has 5 aromatic rings. The van der Waals surface area contributed by atoms with E-state index >= 15 is 0 Å². The average molecular weight is 578 g/mol. The van der Waals surface area contributed by atoms with Crippen LogP contribution in [0.2, 0.25) is 0 Å². The topological polar surface area (TPSA) is 110 Å². The predicted molar refractivity (Wildman–Crippen MR) is 152 cm³/mol. The number of hydrogen-bond acceptors (Lipinski definition) is 8. The number of nitrogens with zero attached hydrogens (tertiary/aromatic N) is 5. The molecule has 0 aliphatic heterocycles. The molecule has 0 spiro atoms. The number of ether oxygens (including phenoxy) is 2. The van der Waals surface area contributed by atoms with Gasteiger partial charge in [-0.2, -0.15) is 10.2 Å². The first-order chi connectivity index (χ1) is 19.6. The van der Waals surface area contributed by atoms with Crippen LogP contribution in [0.1, 0.15) is 30.5 Å². The third kappa shape index (κ3) is 5.18. The van der Waals surface area contributed by atoms with Gasteiger partial charge in [0.25, 0.3) is 5.56 Å². The Morgan fingerprint density at radius 3 is 2.46 bits per heavy atom. The summed E-state index contributed by atoms with van der Waals surface area (Å²) in [5.41, 5.74) is -1.09. The number of fused-ring (bicyclic) bond motifs is 1. The van der Waals surface area contributed by atoms with E-state index in [0.717, 1.165) is 10.1 Å². The number of carbonyl (C=O) groups excluding carboxylic acids is 1. The minimum Gasteiger partial charge on any atom is -0.496 e. The predicted octanol–water partition coefficient (Wildman–Crippen LogP) is 3.98. The van der Waals surface area contributed by atoms with Gasteiger partial charge in [0.2, 0.25) is 0 Å². The van der Waals surface area contributed by atoms with Crippen LogP contribution in [0.15, 0.2) is 70.5 Å². The fourth-order valence-electron chi connectivity index (χ4n) is 4.70. The van der Waals surface area contributed by atoms with E-state index in [1.165, 1.54) is 72.3 Å². The fourth-order valence-corrected chi connectivity index (χ4v) is 5.94. The first-order valence-corrected chi connectivity index (χ1v) is 13.6. The maximum Gasteiger partial charge on any atom is 0.333 e. The average Bonchev–Trinajstić information content (AvgIpc) is 3.60. The number of aryl methyl sites for hydroxylation is 3. The standard InChI is InChI=1S/C29H28FN5O5S/c1-18-23-24(36)34(29(2,3)27(37)40-17-19-8-6-5-7-9-19)28(38)33(26(23)41-25(18)35-31-13-14-32-35)15-12-20-16-21(30)10-11-22(20)39-4/h5-11,13-14,16H,12,15,17H2,1-4H3. The van der Waals surface area contributed by atoms with Crippen molar-refractivity contribution in [1.82, 2.24) is 24.1 Å². The van der Waals surface area contributed by atoms with E-state index in [0.29, 0.717) is 26.7 Å². The lowest BCUT2D eigenvalue weighted by atomic mass is 10.1. The first kappa shape index (κ1) is 28.0. The van der Waals surface area contributed by atoms with Crippen molar-refractivity contribution in [3.8, 4) is 10.8 Å². The van der Waals surface area contributed by atoms with E-state index in [4.69, 9.17) is 9.47 Å². The van der Waals surface area contributed by atoms with E-state index in [9.17, 15) is 18.8 Å². The van der Waals surface area contributed by atoms with Gasteiger partial charge in [0.15, 0.2) is 0 Å². The van der Waals surface area contributed by atoms with Crippen LogP contribution in [0.3, 0.4) is 0 Å². The summed E-state index contributed by atoms with van der Waals surface area (Å²) in [6.07, 6.45) is 3.24. The molecule has 2 aromatic carbocycles. The minimum atomic E-state index is -1.64. The summed E-state index contributed by atoms with van der Waals surface area (Å²) in [6.45, 7) is 4.77. The number of halogens is 1. The van der Waals surface area contributed by atoms with Crippen molar-refractivity contribution in [2.75, 3.05) is 7.11 Å². The molecule has 0 radical (unpaired) electrons. The van der Waals surface area contributed by atoms with Crippen LogP contribution in [-0.4, -0.2) is 37.2 Å². The molecule has 0 atom stereocenters. The van der Waals surface area contributed by atoms with Crippen LogP contribution in [0.5, 0.6) is 5.75 Å². The van der Waals surface area contributed by atoms with Crippen molar-refractivity contribution in [2.45, 2.75) is 45.9 Å². The third-order valence-corrected chi connectivity index (χ3v) is 8.19. The van der Waals surface area contributed by atoms with Gasteiger partial charge >= 0.3 is 11.7 Å². The molecule has 0 saturated carbocycles. The lowest BCUT2D eigenvalue weighted by Gasteiger charge is -2.26. The van der Waals surface area contributed by atoms with Crippen molar-refractivity contribution in [3.63, 3.8) is 0 Å². The second-order valence-corrected chi connectivity index (χ2v) is 10.9. The van der Waals surface area contributed by atoms with Crippen LogP contribution in [0.25, 0.3) is 15.2 Å². The smallest absolute Gasteiger partial charge is 0.333 e. The zero-order valence-corrected chi connectivity index (χ0v) is 23.8. The molecule has 10 nitrogen and oxygen atoms in total. The molecule has 0 amide bonds. The van der Waals surface area contributed by atoms with E-state index in [1.807, 2.05) is 30.3 Å². The van der Waals surface area contributed by atoms with E-state index < -0.39 is 28.6 Å². The molecular formula is C29H28FN5O5S. The molecular weight excluding hydrogens is 549 g/mol. The number of methoxy groups -OCH3 is 1. The molecule has 5 rings (SSSR count). The Morgan fingerprint density at radius 1 is 1.07 bits per heavy atom. The van der Waals surface area contributed by atoms with E-state index in [2.05, 4.69) is 10.2 Å². The van der Waals surface area contributed by atoms with Gasteiger partial charge in [0.05, 0.1) is 24.9 Å². The Hall–Kier alpha value is -4.58. The maximum atomic E-state index is 14.1. The van der Waals surface area contributed by atoms with Crippen molar-refractivity contribution in [1.29, 1.82) is 0 Å². The molecule has 212 valence electrons. The van der Waals surface area contributed by atoms with Crippen molar-refractivity contribution < 1.29 is 18.7 Å². The maximum absolute atomic E-state index is 14.1. The molecule has 0 aliphatic rings. The third-order valence-electron chi connectivity index (χ3n) is 6.91. The Bertz CT molecular complexity index is 1840. The summed E-state index contributed by atoms with van der Waals surface area (Å²) in [7, 11) is 1.48. The van der Waals surface area contributed by atoms with Gasteiger partial charge in [-0.25, -0.2) is 18.5 Å². The molecule has 0 fully saturated rings. The molecule has 3 aromatic heterocycles. The first-order valence-electron chi connectivity index (χ1n) is 12.8. The zero-order chi connectivity index (χ0) is 29.3. The summed E-state index contributed by atoms with van der Waals surface area (Å²) in [4.78, 5) is 43.2. The number of thiophene rings is 1. The Morgan fingerprint density at radius 2 is 1.78 bits per heavy atom. The van der Waals surface area contributed by atoms with E-state index in [-0.39, 0.29) is 25.0 Å². The van der Waals surface area contributed by atoms with Crippen LogP contribution < -0.4 is 16.0 Å². The fraction of sp³-hybridized carbons (Fsp3) is 0.276. The highest BCUT2D eigenvalue weighted by atomic mass is 32.1. The Labute approximate surface area is 238 Å². The number of hydrogen-bond donors (Lipinski definition) is 0. The highest BCUT2D eigenvalue weighted by Crippen LogP contribution is 2.31. The van der Waals surface area contributed by atoms with Gasteiger partial charge in [-0.05, 0) is 56.5 Å². The lowest BCUT2D eigenvalue weighted by molar-refractivity contribution is -0.154. The van der Waals surface area contributed by atoms with Crippen LogP contribution in [-0.2, 0) is 34.6 Å². The lowest BCUT2D eigenvalue weighted by Crippen LogP contribution is -2.53. The van der Waals surface area contributed by atoms with Crippen molar-refractivity contribution in [3.05, 3.63) is 104 Å². The number of aromatic nitrogens is 5. The van der Waals surface area contributed by atoms with Gasteiger partial charge < -0.3 is 9.47 Å². The van der Waals surface area contributed by atoms with Gasteiger partial charge in [-0.15, -0.1) is 4.80 Å². The largest absolute Gasteiger partial charge is 0.496 e. The summed E-state index contributed by atoms with van der Waals surface area (Å²) in [5, 5.41) is 9.20. The van der Waals surface area contributed by atoms with Gasteiger partial charge in [0.1, 0.15) is 33.5 Å². The highest BCUT2D eigenvalue weighted by molar-refractivity contribution is 7.21. The number of benzene rings is 2. The highest BCUT2D eigenvalue weighted by Gasteiger charge is 2.37. The number of rotatable bonds is 9. The van der Waals surface area contributed by atoms with Crippen molar-refractivity contribution in [2.24, 2.45) is 0 Å². The number of esters is 1. The van der Waals surface area contributed by atoms with Crippen LogP contribution >= 0.6 is 11.3 Å². The molecule has 3 heterocycles. The van der Waals surface area contributed by atoms with Gasteiger partial charge in [0, 0.05) is 12.1 Å². The summed E-state index contributed by atoms with van der Waals surface area (Å²) in [6, 6.07) is 13.3. The molecule has 0 saturated heterocycles. The molecule has 41 heavy (non-hydrogen) atoms. The zero-order valence-electron chi connectivity index (χ0n) is 23.0. The normalized spacial score (nSPS) is 11.6. The molecule has 0 aliphatic carbocycles. The second-order valence-electron chi connectivity index (χ2n) is 9.93. The summed E-state index contributed by atoms with van der Waals surface area (Å²) >= 11 is 1.19. The minimum absolute atomic E-state index is 0.0136. The van der Waals surface area contributed by atoms with Crippen LogP contribution in [0, 0.1) is 12.7 Å². The molecule has 0 bridgehead atoms. The Kier molecular flexibility index (Phi) is 7.59. The van der Waals surface area contributed by atoms with Gasteiger partial charge in [-0.1, -0.05) is 41.7 Å². The number of carbonyl (C=O) groups is 1. The summed E-state index contributed by atoms with van der Waals surface area (Å²) in [5.74, 6) is -0.706. The van der Waals surface area contributed by atoms with E-state index in [1.54, 1.807) is 6.92 Å². The quantitative estimate of drug-likeness (QED) is 0.244. The van der Waals surface area contributed by atoms with Gasteiger partial charge in [-0.3, -0.25) is 9.36 Å².